The maximum Gasteiger partial charge on any atom is 0.243 e. The van der Waals surface area contributed by atoms with Crippen molar-refractivity contribution in [3.63, 3.8) is 0 Å². The Balaban J connectivity index is 2.13. The lowest BCUT2D eigenvalue weighted by Crippen LogP contribution is -2.58. The summed E-state index contributed by atoms with van der Waals surface area (Å²) in [7, 11) is 0. The number of benzene rings is 3. The van der Waals surface area contributed by atoms with Gasteiger partial charge in [-0.3, -0.25) is 9.59 Å². The van der Waals surface area contributed by atoms with Crippen molar-refractivity contribution in [3.05, 3.63) is 102 Å². The molecule has 0 unspecified atom stereocenters. The fourth-order valence-corrected chi connectivity index (χ4v) is 3.89. The highest BCUT2D eigenvalue weighted by atomic mass is 16.3. The first kappa shape index (κ1) is 23.6. The summed E-state index contributed by atoms with van der Waals surface area (Å²) in [5.41, 5.74) is 6.75. The molecule has 6 heteroatoms. The lowest BCUT2D eigenvalue weighted by atomic mass is 9.85. The van der Waals surface area contributed by atoms with Crippen LogP contribution in [0.3, 0.4) is 0 Å². The van der Waals surface area contributed by atoms with E-state index in [2.05, 4.69) is 6.07 Å². The molecule has 0 aromatic heterocycles. The minimum absolute atomic E-state index is 0.0696. The minimum atomic E-state index is -1.38. The summed E-state index contributed by atoms with van der Waals surface area (Å²) < 4.78 is 0. The number of hydrogen-bond acceptors (Lipinski definition) is 4. The van der Waals surface area contributed by atoms with Crippen molar-refractivity contribution in [2.75, 3.05) is 0 Å². The molecule has 168 valence electrons. The zero-order chi connectivity index (χ0) is 23.8. The number of hydrogen-bond donors (Lipinski definition) is 2. The van der Waals surface area contributed by atoms with Crippen LogP contribution in [0.15, 0.2) is 84.9 Å². The van der Waals surface area contributed by atoms with Gasteiger partial charge in [0.25, 0.3) is 0 Å². The summed E-state index contributed by atoms with van der Waals surface area (Å²) in [6, 6.07) is 27.3. The van der Waals surface area contributed by atoms with Gasteiger partial charge in [0, 0.05) is 13.0 Å². The normalized spacial score (nSPS) is 12.5. The monoisotopic (exact) mass is 441 g/mol. The number of aromatic hydroxyl groups is 1. The van der Waals surface area contributed by atoms with Crippen molar-refractivity contribution in [1.82, 2.24) is 4.90 Å². The molecule has 0 radical (unpaired) electrons. The maximum atomic E-state index is 14.2. The third kappa shape index (κ3) is 5.39. The summed E-state index contributed by atoms with van der Waals surface area (Å²) in [6.45, 7) is 1.71. The molecular weight excluding hydrogens is 414 g/mol. The van der Waals surface area contributed by atoms with Gasteiger partial charge < -0.3 is 15.7 Å². The third-order valence-electron chi connectivity index (χ3n) is 5.91. The number of amides is 2. The minimum Gasteiger partial charge on any atom is -0.508 e. The highest BCUT2D eigenvalue weighted by Crippen LogP contribution is 2.33. The van der Waals surface area contributed by atoms with Gasteiger partial charge in [0.15, 0.2) is 0 Å². The topological polar surface area (TPSA) is 107 Å². The molecule has 6 nitrogen and oxygen atoms in total. The van der Waals surface area contributed by atoms with Crippen molar-refractivity contribution in [2.45, 2.75) is 37.8 Å². The summed E-state index contributed by atoms with van der Waals surface area (Å²) in [6.07, 6.45) is 0.180. The van der Waals surface area contributed by atoms with Gasteiger partial charge in [-0.1, -0.05) is 72.8 Å². The number of phenolic OH excluding ortho intramolecular Hbond substituents is 1. The molecule has 0 bridgehead atoms. The highest BCUT2D eigenvalue weighted by molar-refractivity contribution is 5.94. The molecule has 0 spiro atoms. The van der Waals surface area contributed by atoms with Crippen molar-refractivity contribution in [2.24, 2.45) is 5.73 Å². The Morgan fingerprint density at radius 1 is 0.970 bits per heavy atom. The molecule has 0 saturated carbocycles. The van der Waals surface area contributed by atoms with E-state index in [9.17, 15) is 20.0 Å². The smallest absolute Gasteiger partial charge is 0.243 e. The Morgan fingerprint density at radius 3 is 1.94 bits per heavy atom. The van der Waals surface area contributed by atoms with E-state index in [0.717, 1.165) is 16.7 Å². The number of rotatable bonds is 9. The Kier molecular flexibility index (Phi) is 7.47. The second-order valence-corrected chi connectivity index (χ2v) is 8.14. The first-order valence-electron chi connectivity index (χ1n) is 10.7. The Hall–Kier alpha value is -4.11. The Morgan fingerprint density at radius 2 is 1.48 bits per heavy atom. The number of nitriles is 1. The van der Waals surface area contributed by atoms with Gasteiger partial charge in [-0.15, -0.1) is 0 Å². The van der Waals surface area contributed by atoms with Crippen LogP contribution in [0.4, 0.5) is 0 Å². The number of nitrogens with zero attached hydrogens (tertiary/aromatic N) is 2. The van der Waals surface area contributed by atoms with Crippen molar-refractivity contribution in [3.8, 4) is 11.8 Å². The Labute approximate surface area is 193 Å². The molecule has 2 amide bonds. The van der Waals surface area contributed by atoms with Gasteiger partial charge >= 0.3 is 0 Å². The van der Waals surface area contributed by atoms with Crippen LogP contribution in [0.25, 0.3) is 0 Å². The molecule has 0 aliphatic rings. The SMILES string of the molecule is C[C@@](CCC#N)(C(N)=O)N(Cc1ccc(O)cc1)C(=O)C(c1ccccc1)c1ccccc1. The van der Waals surface area contributed by atoms with Crippen LogP contribution in [0, 0.1) is 11.3 Å². The van der Waals surface area contributed by atoms with E-state index in [1.54, 1.807) is 19.1 Å². The first-order chi connectivity index (χ1) is 15.9. The molecule has 3 N–H and O–H groups in total. The van der Waals surface area contributed by atoms with Gasteiger partial charge in [-0.2, -0.15) is 5.26 Å². The number of carbonyl (C=O) groups is 2. The van der Waals surface area contributed by atoms with Crippen molar-refractivity contribution < 1.29 is 14.7 Å². The van der Waals surface area contributed by atoms with Gasteiger partial charge in [0.05, 0.1) is 12.0 Å². The van der Waals surface area contributed by atoms with Crippen LogP contribution in [-0.2, 0) is 16.1 Å². The number of primary amides is 1. The molecule has 0 fully saturated rings. The molecule has 33 heavy (non-hydrogen) atoms. The van der Waals surface area contributed by atoms with E-state index in [-0.39, 0.29) is 31.0 Å². The molecule has 3 aromatic rings. The van der Waals surface area contributed by atoms with Crippen LogP contribution >= 0.6 is 0 Å². The summed E-state index contributed by atoms with van der Waals surface area (Å²) >= 11 is 0. The number of phenols is 1. The summed E-state index contributed by atoms with van der Waals surface area (Å²) in [4.78, 5) is 28.4. The van der Waals surface area contributed by atoms with Gasteiger partial charge in [-0.05, 0) is 42.2 Å². The van der Waals surface area contributed by atoms with Gasteiger partial charge in [-0.25, -0.2) is 0 Å². The fraction of sp³-hybridized carbons (Fsp3) is 0.222. The molecule has 3 aromatic carbocycles. The summed E-state index contributed by atoms with van der Waals surface area (Å²) in [5.74, 6) is -1.53. The summed E-state index contributed by atoms with van der Waals surface area (Å²) in [5, 5.41) is 18.8. The quantitative estimate of drug-likeness (QED) is 0.521. The molecule has 3 rings (SSSR count). The lowest BCUT2D eigenvalue weighted by molar-refractivity contribution is -0.147. The maximum absolute atomic E-state index is 14.2. The lowest BCUT2D eigenvalue weighted by Gasteiger charge is -2.41. The Bertz CT molecular complexity index is 1090. The zero-order valence-corrected chi connectivity index (χ0v) is 18.5. The number of carbonyl (C=O) groups excluding carboxylic acids is 2. The fourth-order valence-electron chi connectivity index (χ4n) is 3.89. The molecule has 0 aliphatic heterocycles. The molecule has 0 saturated heterocycles. The molecule has 0 aliphatic carbocycles. The van der Waals surface area contributed by atoms with E-state index in [1.807, 2.05) is 60.7 Å². The number of nitrogens with two attached hydrogens (primary N) is 1. The molecule has 0 heterocycles. The predicted molar refractivity (Wildman–Crippen MR) is 126 cm³/mol. The molecule has 1 atom stereocenters. The van der Waals surface area contributed by atoms with Crippen LogP contribution in [-0.4, -0.2) is 27.4 Å². The van der Waals surface area contributed by atoms with Crippen molar-refractivity contribution in [1.29, 1.82) is 5.26 Å². The van der Waals surface area contributed by atoms with E-state index < -0.39 is 17.4 Å². The average molecular weight is 442 g/mol. The van der Waals surface area contributed by atoms with E-state index >= 15 is 0 Å². The van der Waals surface area contributed by atoms with Crippen molar-refractivity contribution >= 4 is 11.8 Å². The second-order valence-electron chi connectivity index (χ2n) is 8.14. The van der Waals surface area contributed by atoms with Gasteiger partial charge in [0.2, 0.25) is 11.8 Å². The first-order valence-corrected chi connectivity index (χ1v) is 10.7. The predicted octanol–water partition coefficient (Wildman–Crippen LogP) is 4.10. The average Bonchev–Trinajstić information content (AvgIpc) is 2.83. The zero-order valence-electron chi connectivity index (χ0n) is 18.5. The second kappa shape index (κ2) is 10.5. The highest BCUT2D eigenvalue weighted by Gasteiger charge is 2.43. The van der Waals surface area contributed by atoms with Crippen LogP contribution in [0.5, 0.6) is 5.75 Å². The van der Waals surface area contributed by atoms with Gasteiger partial charge in [0.1, 0.15) is 11.3 Å². The van der Waals surface area contributed by atoms with E-state index in [1.165, 1.54) is 17.0 Å². The van der Waals surface area contributed by atoms with Crippen LogP contribution < -0.4 is 5.73 Å². The third-order valence-corrected chi connectivity index (χ3v) is 5.91. The van der Waals surface area contributed by atoms with E-state index in [0.29, 0.717) is 0 Å². The standard InChI is InChI=1S/C27H27N3O3/c1-27(26(29)33,17-8-18-28)30(19-20-13-15-23(31)16-14-20)25(32)24(21-9-4-2-5-10-21)22-11-6-3-7-12-22/h2-7,9-16,24,31H,8,17,19H2,1H3,(H2,29,33)/t27-/m1/s1. The van der Waals surface area contributed by atoms with Crippen LogP contribution in [0.2, 0.25) is 0 Å². The largest absolute Gasteiger partial charge is 0.508 e. The van der Waals surface area contributed by atoms with E-state index in [4.69, 9.17) is 5.73 Å². The molecular formula is C27H27N3O3. The van der Waals surface area contributed by atoms with Crippen LogP contribution in [0.1, 0.15) is 42.4 Å².